The fraction of sp³-hybridized carbons (Fsp3) is 0.333. The molecule has 0 aromatic heterocycles. The molecule has 0 radical (unpaired) electrons. The van der Waals surface area contributed by atoms with Gasteiger partial charge in [0.25, 0.3) is 0 Å². The predicted octanol–water partition coefficient (Wildman–Crippen LogP) is 5.11. The lowest BCUT2D eigenvalue weighted by Gasteiger charge is -2.32. The summed E-state index contributed by atoms with van der Waals surface area (Å²) in [5.41, 5.74) is 5.20. The van der Waals surface area contributed by atoms with Gasteiger partial charge in [0.05, 0.1) is 6.61 Å². The molecular formula is C27H28O3. The predicted molar refractivity (Wildman–Crippen MR) is 117 cm³/mol. The van der Waals surface area contributed by atoms with E-state index in [0.29, 0.717) is 6.61 Å². The van der Waals surface area contributed by atoms with Gasteiger partial charge in [0, 0.05) is 6.61 Å². The molecule has 30 heavy (non-hydrogen) atoms. The minimum absolute atomic E-state index is 0.0942. The molecule has 0 saturated carbocycles. The molecule has 3 heteroatoms. The van der Waals surface area contributed by atoms with Gasteiger partial charge in [0.1, 0.15) is 5.60 Å². The van der Waals surface area contributed by atoms with E-state index in [-0.39, 0.29) is 6.29 Å². The molecule has 1 fully saturated rings. The summed E-state index contributed by atoms with van der Waals surface area (Å²) in [5.74, 6) is 0. The van der Waals surface area contributed by atoms with Crippen molar-refractivity contribution in [2.24, 2.45) is 0 Å². The number of hydrogen-bond donors (Lipinski definition) is 1. The molecule has 3 aromatic rings. The normalized spacial score (nSPS) is 20.1. The Labute approximate surface area is 178 Å². The van der Waals surface area contributed by atoms with Crippen LogP contribution in [0.1, 0.15) is 52.6 Å². The molecule has 154 valence electrons. The summed E-state index contributed by atoms with van der Waals surface area (Å²) in [5, 5.41) is 12.2. The molecular weight excluding hydrogens is 372 g/mol. The summed E-state index contributed by atoms with van der Waals surface area (Å²) in [7, 11) is 0. The molecule has 1 aliphatic heterocycles. The first-order chi connectivity index (χ1) is 14.7. The van der Waals surface area contributed by atoms with E-state index in [1.807, 2.05) is 24.3 Å². The van der Waals surface area contributed by atoms with Crippen molar-refractivity contribution in [2.45, 2.75) is 50.6 Å². The highest BCUT2D eigenvalue weighted by atomic mass is 16.7. The Bertz CT molecular complexity index is 955. The monoisotopic (exact) mass is 400 g/mol. The fourth-order valence-electron chi connectivity index (χ4n) is 4.78. The van der Waals surface area contributed by atoms with Crippen LogP contribution in [0, 0.1) is 0 Å². The second-order valence-corrected chi connectivity index (χ2v) is 8.33. The third kappa shape index (κ3) is 3.58. The van der Waals surface area contributed by atoms with Crippen LogP contribution in [-0.4, -0.2) is 18.0 Å². The van der Waals surface area contributed by atoms with E-state index in [4.69, 9.17) is 9.47 Å². The van der Waals surface area contributed by atoms with E-state index in [1.54, 1.807) is 0 Å². The first-order valence-corrected chi connectivity index (χ1v) is 11.0. The lowest BCUT2D eigenvalue weighted by Crippen LogP contribution is -2.30. The van der Waals surface area contributed by atoms with Crippen molar-refractivity contribution in [3.05, 3.63) is 106 Å². The standard InChI is InChI=1S/C27H28O3/c28-27(23-16-12-20(13-17-23)19-30-26-11-5-6-18-29-26)24-9-3-1-7-21(24)14-15-22-8-2-4-10-25(22)27/h1-4,7-10,12-13,16-17,26,28H,5-6,11,14-15,18-19H2. The number of aryl methyl sites for hydroxylation is 2. The second-order valence-electron chi connectivity index (χ2n) is 8.33. The van der Waals surface area contributed by atoms with Crippen molar-refractivity contribution < 1.29 is 14.6 Å². The molecule has 1 aliphatic carbocycles. The summed E-state index contributed by atoms with van der Waals surface area (Å²) < 4.78 is 11.6. The van der Waals surface area contributed by atoms with E-state index in [0.717, 1.165) is 61.0 Å². The zero-order chi connectivity index (χ0) is 20.4. The van der Waals surface area contributed by atoms with Gasteiger partial charge in [-0.3, -0.25) is 0 Å². The SMILES string of the molecule is OC1(c2ccc(COC3CCCCO3)cc2)c2ccccc2CCc2ccccc21. The number of aliphatic hydroxyl groups is 1. The third-order valence-electron chi connectivity index (χ3n) is 6.42. The van der Waals surface area contributed by atoms with Crippen LogP contribution in [0.4, 0.5) is 0 Å². The molecule has 1 N–H and O–H groups in total. The maximum Gasteiger partial charge on any atom is 0.158 e. The van der Waals surface area contributed by atoms with Gasteiger partial charge in [-0.2, -0.15) is 0 Å². The van der Waals surface area contributed by atoms with Crippen LogP contribution in [0.5, 0.6) is 0 Å². The molecule has 3 nitrogen and oxygen atoms in total. The van der Waals surface area contributed by atoms with Gasteiger partial charge >= 0.3 is 0 Å². The van der Waals surface area contributed by atoms with Gasteiger partial charge in [-0.15, -0.1) is 0 Å². The van der Waals surface area contributed by atoms with Crippen molar-refractivity contribution in [2.75, 3.05) is 6.61 Å². The van der Waals surface area contributed by atoms with Crippen LogP contribution in [0.3, 0.4) is 0 Å². The number of ether oxygens (including phenoxy) is 2. The quantitative estimate of drug-likeness (QED) is 0.661. The molecule has 5 rings (SSSR count). The molecule has 2 aliphatic rings. The van der Waals surface area contributed by atoms with Crippen molar-refractivity contribution in [1.82, 2.24) is 0 Å². The number of fused-ring (bicyclic) bond motifs is 2. The molecule has 0 bridgehead atoms. The van der Waals surface area contributed by atoms with E-state index in [2.05, 4.69) is 48.5 Å². The second kappa shape index (κ2) is 8.35. The molecule has 1 saturated heterocycles. The Morgan fingerprint density at radius 2 is 1.47 bits per heavy atom. The number of hydrogen-bond acceptors (Lipinski definition) is 3. The van der Waals surface area contributed by atoms with Gasteiger partial charge in [0.2, 0.25) is 0 Å². The zero-order valence-corrected chi connectivity index (χ0v) is 17.2. The Morgan fingerprint density at radius 3 is 2.07 bits per heavy atom. The summed E-state index contributed by atoms with van der Waals surface area (Å²) in [6.07, 6.45) is 5.02. The first kappa shape index (κ1) is 19.5. The van der Waals surface area contributed by atoms with Crippen molar-refractivity contribution in [3.63, 3.8) is 0 Å². The van der Waals surface area contributed by atoms with E-state index < -0.39 is 5.60 Å². The average Bonchev–Trinajstić information content (AvgIpc) is 2.94. The van der Waals surface area contributed by atoms with Crippen molar-refractivity contribution >= 4 is 0 Å². The number of rotatable bonds is 4. The lowest BCUT2D eigenvalue weighted by molar-refractivity contribution is -0.168. The molecule has 0 spiro atoms. The Hall–Kier alpha value is -2.46. The highest BCUT2D eigenvalue weighted by molar-refractivity contribution is 5.54. The molecule has 1 heterocycles. The van der Waals surface area contributed by atoms with Gasteiger partial charge in [0.15, 0.2) is 6.29 Å². The Kier molecular flexibility index (Phi) is 5.43. The van der Waals surface area contributed by atoms with Crippen LogP contribution in [0.25, 0.3) is 0 Å². The minimum Gasteiger partial charge on any atom is -0.376 e. The third-order valence-corrected chi connectivity index (χ3v) is 6.42. The maximum atomic E-state index is 12.2. The van der Waals surface area contributed by atoms with E-state index in [1.165, 1.54) is 11.1 Å². The van der Waals surface area contributed by atoms with Gasteiger partial charge < -0.3 is 14.6 Å². The summed E-state index contributed by atoms with van der Waals surface area (Å²) >= 11 is 0. The Balaban J connectivity index is 1.48. The van der Waals surface area contributed by atoms with Gasteiger partial charge in [-0.25, -0.2) is 0 Å². The average molecular weight is 401 g/mol. The van der Waals surface area contributed by atoms with Crippen LogP contribution in [0.2, 0.25) is 0 Å². The summed E-state index contributed by atoms with van der Waals surface area (Å²) in [6, 6.07) is 24.8. The summed E-state index contributed by atoms with van der Waals surface area (Å²) in [6.45, 7) is 1.31. The minimum atomic E-state index is -1.16. The molecule has 3 aromatic carbocycles. The summed E-state index contributed by atoms with van der Waals surface area (Å²) in [4.78, 5) is 0. The van der Waals surface area contributed by atoms with Gasteiger partial charge in [-0.1, -0.05) is 72.8 Å². The fourth-order valence-corrected chi connectivity index (χ4v) is 4.78. The largest absolute Gasteiger partial charge is 0.376 e. The molecule has 0 amide bonds. The smallest absolute Gasteiger partial charge is 0.158 e. The van der Waals surface area contributed by atoms with Crippen LogP contribution in [0.15, 0.2) is 72.8 Å². The highest BCUT2D eigenvalue weighted by Crippen LogP contribution is 2.42. The lowest BCUT2D eigenvalue weighted by atomic mass is 9.78. The van der Waals surface area contributed by atoms with E-state index in [9.17, 15) is 5.11 Å². The maximum absolute atomic E-state index is 12.2. The van der Waals surface area contributed by atoms with Crippen LogP contribution >= 0.6 is 0 Å². The first-order valence-electron chi connectivity index (χ1n) is 11.0. The highest BCUT2D eigenvalue weighted by Gasteiger charge is 2.38. The molecule has 1 atom stereocenters. The number of benzene rings is 3. The van der Waals surface area contributed by atoms with E-state index >= 15 is 0 Å². The van der Waals surface area contributed by atoms with Crippen LogP contribution in [-0.2, 0) is 34.5 Å². The zero-order valence-electron chi connectivity index (χ0n) is 17.2. The van der Waals surface area contributed by atoms with Gasteiger partial charge in [-0.05, 0) is 65.5 Å². The Morgan fingerprint density at radius 1 is 0.833 bits per heavy atom. The van der Waals surface area contributed by atoms with Crippen LogP contribution < -0.4 is 0 Å². The van der Waals surface area contributed by atoms with Crippen molar-refractivity contribution in [1.29, 1.82) is 0 Å². The molecule has 1 unspecified atom stereocenters. The topological polar surface area (TPSA) is 38.7 Å². The van der Waals surface area contributed by atoms with Crippen molar-refractivity contribution in [3.8, 4) is 0 Å².